The lowest BCUT2D eigenvalue weighted by Gasteiger charge is -2.42. The van der Waals surface area contributed by atoms with Crippen molar-refractivity contribution in [1.29, 1.82) is 0 Å². The maximum atomic E-state index is 12.5. The lowest BCUT2D eigenvalue weighted by atomic mass is 9.68. The molecule has 1 aromatic rings. The Kier molecular flexibility index (Phi) is 5.99. The second kappa shape index (κ2) is 8.41. The number of phenols is 1. The van der Waals surface area contributed by atoms with Gasteiger partial charge in [-0.1, -0.05) is 23.8 Å². The van der Waals surface area contributed by atoms with E-state index in [1.807, 2.05) is 0 Å². The highest BCUT2D eigenvalue weighted by Gasteiger charge is 2.72. The average molecular weight is 429 g/mol. The summed E-state index contributed by atoms with van der Waals surface area (Å²) in [5.74, 6) is -0.214. The zero-order valence-corrected chi connectivity index (χ0v) is 18.7. The van der Waals surface area contributed by atoms with E-state index in [2.05, 4.69) is 26.8 Å². The predicted octanol–water partition coefficient (Wildman–Crippen LogP) is 4.03. The van der Waals surface area contributed by atoms with Crippen LogP contribution in [0.15, 0.2) is 42.0 Å². The van der Waals surface area contributed by atoms with Gasteiger partial charge in [0.1, 0.15) is 29.2 Å². The normalized spacial score (nSPS) is 36.4. The van der Waals surface area contributed by atoms with Crippen LogP contribution in [-0.4, -0.2) is 54.3 Å². The van der Waals surface area contributed by atoms with E-state index < -0.39 is 5.97 Å². The van der Waals surface area contributed by atoms with Crippen molar-refractivity contribution in [2.45, 2.75) is 69.5 Å². The Balaban J connectivity index is 1.45. The Morgan fingerprint density at radius 2 is 2.00 bits per heavy atom. The molecule has 1 unspecified atom stereocenters. The second-order valence-electron chi connectivity index (χ2n) is 9.28. The molecule has 3 aliphatic rings. The molecule has 0 radical (unpaired) electrons. The minimum Gasteiger partial charge on any atom is -0.508 e. The number of rotatable bonds is 7. The number of methoxy groups -OCH3 is 1. The third-order valence-electron chi connectivity index (χ3n) is 6.81. The number of hydrogen-bond acceptors (Lipinski definition) is 6. The van der Waals surface area contributed by atoms with Crippen molar-refractivity contribution in [1.82, 2.24) is 0 Å². The molecular formula is C25H32O6. The van der Waals surface area contributed by atoms with Crippen LogP contribution in [0, 0.1) is 5.92 Å². The van der Waals surface area contributed by atoms with Crippen LogP contribution >= 0.6 is 0 Å². The molecule has 0 aromatic heterocycles. The third-order valence-corrected chi connectivity index (χ3v) is 6.81. The van der Waals surface area contributed by atoms with E-state index in [0.29, 0.717) is 13.0 Å². The van der Waals surface area contributed by atoms with Gasteiger partial charge in [-0.3, -0.25) is 0 Å². The molecule has 1 N–H and O–H groups in total. The minimum absolute atomic E-state index is 0.00758. The highest BCUT2D eigenvalue weighted by atomic mass is 16.6. The molecule has 3 fully saturated rings. The Labute approximate surface area is 183 Å². The molecule has 6 heteroatoms. The third kappa shape index (κ3) is 4.56. The predicted molar refractivity (Wildman–Crippen MR) is 117 cm³/mol. The number of epoxide rings is 2. The average Bonchev–Trinajstić information content (AvgIpc) is 3.65. The van der Waals surface area contributed by atoms with Gasteiger partial charge in [0.25, 0.3) is 0 Å². The number of aromatic hydroxyl groups is 1. The van der Waals surface area contributed by atoms with Gasteiger partial charge in [0.2, 0.25) is 0 Å². The van der Waals surface area contributed by atoms with Crippen LogP contribution in [0.1, 0.15) is 45.6 Å². The fraction of sp³-hybridized carbons (Fsp3) is 0.560. The summed E-state index contributed by atoms with van der Waals surface area (Å²) in [5.41, 5.74) is 1.50. The molecule has 1 spiro atoms. The first-order valence-electron chi connectivity index (χ1n) is 10.9. The van der Waals surface area contributed by atoms with E-state index in [1.54, 1.807) is 37.5 Å². The van der Waals surface area contributed by atoms with Gasteiger partial charge in [-0.25, -0.2) is 4.79 Å². The molecular weight excluding hydrogens is 396 g/mol. The summed E-state index contributed by atoms with van der Waals surface area (Å²) in [7, 11) is 1.67. The summed E-state index contributed by atoms with van der Waals surface area (Å²) in [4.78, 5) is 12.5. The standard InChI is InChI=1S/C25H32O6/c1-16(2)5-11-20-24(3,31-20)23-22(28-4)19(13-14-25(23)15-29-25)30-21(27)12-8-17-6-9-18(26)10-7-17/h5-10,12,19-20,22-23,26H,11,13-15H2,1-4H3/t19-,20-,22-,23-,24?,25+/m1/s1. The Morgan fingerprint density at radius 1 is 1.29 bits per heavy atom. The molecule has 168 valence electrons. The molecule has 1 aromatic carbocycles. The molecule has 2 aliphatic heterocycles. The van der Waals surface area contributed by atoms with E-state index in [0.717, 1.165) is 18.4 Å². The highest BCUT2D eigenvalue weighted by molar-refractivity contribution is 5.87. The Hall–Kier alpha value is -2.15. The van der Waals surface area contributed by atoms with E-state index in [9.17, 15) is 9.90 Å². The van der Waals surface area contributed by atoms with Gasteiger partial charge in [0.15, 0.2) is 0 Å². The summed E-state index contributed by atoms with van der Waals surface area (Å²) in [6.45, 7) is 7.01. The molecule has 1 saturated carbocycles. The zero-order chi connectivity index (χ0) is 22.2. The van der Waals surface area contributed by atoms with E-state index in [4.69, 9.17) is 18.9 Å². The van der Waals surface area contributed by atoms with Gasteiger partial charge in [0, 0.05) is 13.2 Å². The van der Waals surface area contributed by atoms with Gasteiger partial charge >= 0.3 is 5.97 Å². The Bertz CT molecular complexity index is 865. The number of hydrogen-bond donors (Lipinski definition) is 1. The number of ether oxygens (including phenoxy) is 4. The number of phenolic OH excluding ortho intramolecular Hbond substituents is 1. The summed E-state index contributed by atoms with van der Waals surface area (Å²) in [6.07, 6.45) is 7.16. The summed E-state index contributed by atoms with van der Waals surface area (Å²) < 4.78 is 23.9. The summed E-state index contributed by atoms with van der Waals surface area (Å²) in [5, 5.41) is 9.38. The first-order valence-corrected chi connectivity index (χ1v) is 10.9. The monoisotopic (exact) mass is 428 g/mol. The highest BCUT2D eigenvalue weighted by Crippen LogP contribution is 2.59. The van der Waals surface area contributed by atoms with E-state index in [-0.39, 0.29) is 41.2 Å². The van der Waals surface area contributed by atoms with Crippen molar-refractivity contribution < 1.29 is 28.8 Å². The van der Waals surface area contributed by atoms with Crippen LogP contribution in [-0.2, 0) is 23.7 Å². The number of carbonyl (C=O) groups is 1. The van der Waals surface area contributed by atoms with Crippen molar-refractivity contribution in [3.63, 3.8) is 0 Å². The number of esters is 1. The van der Waals surface area contributed by atoms with Gasteiger partial charge < -0.3 is 24.1 Å². The fourth-order valence-electron chi connectivity index (χ4n) is 5.01. The van der Waals surface area contributed by atoms with Gasteiger partial charge in [-0.2, -0.15) is 0 Å². The topological polar surface area (TPSA) is 80.8 Å². The molecule has 6 nitrogen and oxygen atoms in total. The maximum absolute atomic E-state index is 12.5. The van der Waals surface area contributed by atoms with Crippen LogP contribution in [0.2, 0.25) is 0 Å². The number of benzene rings is 1. The van der Waals surface area contributed by atoms with Crippen LogP contribution < -0.4 is 0 Å². The lowest BCUT2D eigenvalue weighted by molar-refractivity contribution is -0.166. The quantitative estimate of drug-likeness (QED) is 0.306. The van der Waals surface area contributed by atoms with Crippen LogP contribution in [0.4, 0.5) is 0 Å². The summed E-state index contributed by atoms with van der Waals surface area (Å²) in [6, 6.07) is 6.63. The van der Waals surface area contributed by atoms with Crippen molar-refractivity contribution in [3.8, 4) is 5.75 Å². The van der Waals surface area contributed by atoms with Crippen molar-refractivity contribution in [2.75, 3.05) is 13.7 Å². The van der Waals surface area contributed by atoms with Crippen molar-refractivity contribution in [3.05, 3.63) is 47.6 Å². The van der Waals surface area contributed by atoms with Crippen LogP contribution in [0.3, 0.4) is 0 Å². The molecule has 0 amide bonds. The minimum atomic E-state index is -0.408. The largest absolute Gasteiger partial charge is 0.508 e. The Morgan fingerprint density at radius 3 is 2.61 bits per heavy atom. The second-order valence-corrected chi connectivity index (χ2v) is 9.28. The van der Waals surface area contributed by atoms with Crippen molar-refractivity contribution >= 4 is 12.0 Å². The first-order chi connectivity index (χ1) is 14.8. The maximum Gasteiger partial charge on any atom is 0.331 e. The van der Waals surface area contributed by atoms with Crippen LogP contribution in [0.5, 0.6) is 5.75 Å². The first kappa shape index (κ1) is 22.1. The molecule has 6 atom stereocenters. The molecule has 31 heavy (non-hydrogen) atoms. The number of carbonyl (C=O) groups excluding carboxylic acids is 1. The fourth-order valence-corrected chi connectivity index (χ4v) is 5.01. The van der Waals surface area contributed by atoms with Crippen LogP contribution in [0.25, 0.3) is 6.08 Å². The van der Waals surface area contributed by atoms with Gasteiger partial charge in [-0.15, -0.1) is 0 Å². The lowest BCUT2D eigenvalue weighted by Crippen LogP contribution is -2.55. The number of allylic oxidation sites excluding steroid dienone is 1. The molecule has 1 aliphatic carbocycles. The SMILES string of the molecule is CO[C@H]1[C@H](C2(C)O[C@@H]2CC=C(C)C)[C@]2(CC[C@H]1OC(=O)C=Cc1ccc(O)cc1)CO2. The molecule has 2 heterocycles. The van der Waals surface area contributed by atoms with E-state index in [1.165, 1.54) is 11.6 Å². The van der Waals surface area contributed by atoms with E-state index >= 15 is 0 Å². The molecule has 2 saturated heterocycles. The summed E-state index contributed by atoms with van der Waals surface area (Å²) >= 11 is 0. The zero-order valence-electron chi connectivity index (χ0n) is 18.7. The van der Waals surface area contributed by atoms with Crippen molar-refractivity contribution in [2.24, 2.45) is 5.92 Å². The van der Waals surface area contributed by atoms with Gasteiger partial charge in [-0.05, 0) is 63.8 Å². The molecule has 0 bridgehead atoms. The van der Waals surface area contributed by atoms with Gasteiger partial charge in [0.05, 0.1) is 18.6 Å². The smallest absolute Gasteiger partial charge is 0.331 e. The molecule has 4 rings (SSSR count).